The van der Waals surface area contributed by atoms with Crippen molar-refractivity contribution in [2.45, 2.75) is 49.9 Å². The van der Waals surface area contributed by atoms with Crippen molar-refractivity contribution in [1.29, 1.82) is 0 Å². The zero-order valence-electron chi connectivity index (χ0n) is 17.0. The standard InChI is InChI=1S/C20H18ClF6N3O3/c1-30-8-9(16(29-30)20(25,26)27)6-18(7-14-13(31)5-15(18)33-14)17(32)28-10-2-3-11(12(21)4-10)19(22,23)24/h2-4,8,13-15,31H,5-7H2,1H3,(H,28,32)/t13-,14+,15+,18-/m0/s1. The number of aryl methyl sites for hydroxylation is 1. The van der Waals surface area contributed by atoms with Gasteiger partial charge in [0.2, 0.25) is 5.91 Å². The second kappa shape index (κ2) is 7.88. The van der Waals surface area contributed by atoms with Crippen LogP contribution in [0.2, 0.25) is 5.02 Å². The van der Waals surface area contributed by atoms with E-state index in [1.807, 2.05) is 0 Å². The Balaban J connectivity index is 1.67. The number of aromatic nitrogens is 2. The predicted molar refractivity (Wildman–Crippen MR) is 103 cm³/mol. The topological polar surface area (TPSA) is 76.4 Å². The average Bonchev–Trinajstić information content (AvgIpc) is 3.33. The molecule has 2 aliphatic rings. The number of nitrogens with one attached hydrogen (secondary N) is 1. The molecule has 6 nitrogen and oxygen atoms in total. The van der Waals surface area contributed by atoms with E-state index in [0.717, 1.165) is 23.0 Å². The lowest BCUT2D eigenvalue weighted by Gasteiger charge is -2.35. The van der Waals surface area contributed by atoms with Gasteiger partial charge in [0.25, 0.3) is 0 Å². The van der Waals surface area contributed by atoms with Crippen LogP contribution in [0.15, 0.2) is 24.4 Å². The van der Waals surface area contributed by atoms with Crippen molar-refractivity contribution in [2.24, 2.45) is 12.5 Å². The average molecular weight is 498 g/mol. The van der Waals surface area contributed by atoms with Crippen LogP contribution >= 0.6 is 11.6 Å². The second-order valence-corrected chi connectivity index (χ2v) is 8.73. The Hall–Kier alpha value is -2.31. The number of ether oxygens (including phenoxy) is 1. The minimum atomic E-state index is -4.76. The molecular weight excluding hydrogens is 480 g/mol. The summed E-state index contributed by atoms with van der Waals surface area (Å²) in [7, 11) is 1.32. The molecule has 2 aromatic rings. The van der Waals surface area contributed by atoms with Crippen LogP contribution in [0.1, 0.15) is 29.7 Å². The van der Waals surface area contributed by atoms with E-state index >= 15 is 0 Å². The number of anilines is 1. The van der Waals surface area contributed by atoms with Gasteiger partial charge < -0.3 is 15.2 Å². The first-order valence-electron chi connectivity index (χ1n) is 9.82. The molecule has 2 fully saturated rings. The number of aliphatic hydroxyl groups excluding tert-OH is 1. The number of rotatable bonds is 4. The molecule has 3 heterocycles. The van der Waals surface area contributed by atoms with E-state index in [1.165, 1.54) is 7.05 Å². The summed E-state index contributed by atoms with van der Waals surface area (Å²) in [6.07, 6.45) is -11.2. The number of benzene rings is 1. The highest BCUT2D eigenvalue weighted by molar-refractivity contribution is 6.31. The van der Waals surface area contributed by atoms with Crippen molar-refractivity contribution in [3.63, 3.8) is 0 Å². The molecule has 1 amide bonds. The third kappa shape index (κ3) is 4.31. The van der Waals surface area contributed by atoms with Crippen LogP contribution in [-0.2, 0) is 35.4 Å². The minimum absolute atomic E-state index is 0.0352. The van der Waals surface area contributed by atoms with Crippen molar-refractivity contribution < 1.29 is 41.0 Å². The van der Waals surface area contributed by atoms with Gasteiger partial charge in [-0.05, 0) is 31.0 Å². The Kier molecular flexibility index (Phi) is 5.69. The molecule has 2 saturated heterocycles. The molecule has 33 heavy (non-hydrogen) atoms. The number of alkyl halides is 6. The molecule has 4 rings (SSSR count). The third-order valence-electron chi connectivity index (χ3n) is 6.07. The van der Waals surface area contributed by atoms with Gasteiger partial charge in [0.15, 0.2) is 5.69 Å². The lowest BCUT2D eigenvalue weighted by Crippen LogP contribution is -2.48. The summed E-state index contributed by atoms with van der Waals surface area (Å²) < 4.78 is 86.0. The zero-order chi connectivity index (χ0) is 24.3. The fourth-order valence-corrected chi connectivity index (χ4v) is 4.88. The maximum absolute atomic E-state index is 13.5. The molecule has 180 valence electrons. The van der Waals surface area contributed by atoms with Gasteiger partial charge in [-0.2, -0.15) is 31.4 Å². The Morgan fingerprint density at radius 1 is 1.30 bits per heavy atom. The molecule has 2 bridgehead atoms. The van der Waals surface area contributed by atoms with E-state index in [2.05, 4.69) is 10.4 Å². The first-order chi connectivity index (χ1) is 15.2. The Morgan fingerprint density at radius 2 is 2.00 bits per heavy atom. The maximum atomic E-state index is 13.5. The lowest BCUT2D eigenvalue weighted by atomic mass is 9.68. The van der Waals surface area contributed by atoms with E-state index in [4.69, 9.17) is 16.3 Å². The van der Waals surface area contributed by atoms with E-state index in [1.54, 1.807) is 0 Å². The molecule has 1 aromatic heterocycles. The molecule has 0 spiro atoms. The second-order valence-electron chi connectivity index (χ2n) is 8.32. The summed E-state index contributed by atoms with van der Waals surface area (Å²) in [5, 5.41) is 15.3. The number of carbonyl (C=O) groups excluding carboxylic acids is 1. The highest BCUT2D eigenvalue weighted by Gasteiger charge is 2.60. The quantitative estimate of drug-likeness (QED) is 0.621. The monoisotopic (exact) mass is 497 g/mol. The number of amides is 1. The molecule has 0 radical (unpaired) electrons. The number of hydrogen-bond donors (Lipinski definition) is 2. The summed E-state index contributed by atoms with van der Waals surface area (Å²) in [5.41, 5.74) is -4.01. The SMILES string of the molecule is Cn1cc(C[C@]2(C(=O)Nc3ccc(C(F)(F)F)c(Cl)c3)C[C@H]3O[C@@H]2C[C@@H]3O)c(C(F)(F)F)n1. The van der Waals surface area contributed by atoms with E-state index in [9.17, 15) is 36.2 Å². The van der Waals surface area contributed by atoms with Crippen LogP contribution in [-0.4, -0.2) is 39.1 Å². The normalized spacial score (nSPS) is 27.2. The Bertz CT molecular complexity index is 1080. The fraction of sp³-hybridized carbons (Fsp3) is 0.500. The maximum Gasteiger partial charge on any atom is 0.435 e. The van der Waals surface area contributed by atoms with Crippen molar-refractivity contribution in [1.82, 2.24) is 9.78 Å². The van der Waals surface area contributed by atoms with Crippen molar-refractivity contribution in [3.05, 3.63) is 46.2 Å². The summed E-state index contributed by atoms with van der Waals surface area (Å²) in [6.45, 7) is 0. The van der Waals surface area contributed by atoms with E-state index in [-0.39, 0.29) is 30.5 Å². The molecule has 4 atom stereocenters. The van der Waals surface area contributed by atoms with Crippen molar-refractivity contribution in [3.8, 4) is 0 Å². The molecule has 0 unspecified atom stereocenters. The highest BCUT2D eigenvalue weighted by atomic mass is 35.5. The number of nitrogens with zero attached hydrogens (tertiary/aromatic N) is 2. The predicted octanol–water partition coefficient (Wildman–Crippen LogP) is 4.20. The molecule has 2 aliphatic heterocycles. The summed E-state index contributed by atoms with van der Waals surface area (Å²) in [4.78, 5) is 13.4. The van der Waals surface area contributed by atoms with Crippen LogP contribution in [0.25, 0.3) is 0 Å². The smallest absolute Gasteiger partial charge is 0.390 e. The van der Waals surface area contributed by atoms with Gasteiger partial charge in [-0.25, -0.2) is 0 Å². The third-order valence-corrected chi connectivity index (χ3v) is 6.38. The first kappa shape index (κ1) is 23.8. The molecule has 1 aromatic carbocycles. The van der Waals surface area contributed by atoms with Gasteiger partial charge in [-0.3, -0.25) is 9.48 Å². The number of fused-ring (bicyclic) bond motifs is 2. The van der Waals surface area contributed by atoms with Gasteiger partial charge in [0.1, 0.15) is 0 Å². The van der Waals surface area contributed by atoms with Crippen LogP contribution in [0.5, 0.6) is 0 Å². The van der Waals surface area contributed by atoms with Gasteiger partial charge in [-0.1, -0.05) is 11.6 Å². The summed E-state index contributed by atoms with van der Waals surface area (Å²) in [5.74, 6) is -0.741. The van der Waals surface area contributed by atoms with Gasteiger partial charge in [-0.15, -0.1) is 0 Å². The van der Waals surface area contributed by atoms with Crippen LogP contribution in [0, 0.1) is 5.41 Å². The van der Waals surface area contributed by atoms with Gasteiger partial charge in [0.05, 0.1) is 34.3 Å². The molecule has 0 aliphatic carbocycles. The number of hydrogen-bond acceptors (Lipinski definition) is 4. The lowest BCUT2D eigenvalue weighted by molar-refractivity contribution is -0.143. The Labute approximate surface area is 188 Å². The van der Waals surface area contributed by atoms with Crippen LogP contribution in [0.4, 0.5) is 32.0 Å². The number of aliphatic hydroxyl groups is 1. The van der Waals surface area contributed by atoms with E-state index in [0.29, 0.717) is 6.07 Å². The highest BCUT2D eigenvalue weighted by Crippen LogP contribution is 2.51. The molecular formula is C20H18ClF6N3O3. The van der Waals surface area contributed by atoms with Crippen LogP contribution < -0.4 is 5.32 Å². The largest absolute Gasteiger partial charge is 0.435 e. The zero-order valence-corrected chi connectivity index (χ0v) is 17.7. The minimum Gasteiger partial charge on any atom is -0.390 e. The van der Waals surface area contributed by atoms with E-state index < -0.39 is 58.3 Å². The van der Waals surface area contributed by atoms with Gasteiger partial charge >= 0.3 is 12.4 Å². The summed E-state index contributed by atoms with van der Waals surface area (Å²) in [6, 6.07) is 2.63. The molecule has 2 N–H and O–H groups in total. The van der Waals surface area contributed by atoms with Crippen molar-refractivity contribution >= 4 is 23.2 Å². The molecule has 0 saturated carbocycles. The first-order valence-corrected chi connectivity index (χ1v) is 10.2. The Morgan fingerprint density at radius 3 is 2.52 bits per heavy atom. The fourth-order valence-electron chi connectivity index (χ4n) is 4.59. The van der Waals surface area contributed by atoms with Crippen LogP contribution in [0.3, 0.4) is 0 Å². The molecule has 13 heteroatoms. The number of carbonyl (C=O) groups is 1. The summed E-state index contributed by atoms with van der Waals surface area (Å²) >= 11 is 5.71. The van der Waals surface area contributed by atoms with Crippen molar-refractivity contribution in [2.75, 3.05) is 5.32 Å². The number of halogens is 7. The van der Waals surface area contributed by atoms with Gasteiger partial charge in [0, 0.05) is 30.9 Å².